The average Bonchev–Trinajstić information content (AvgIpc) is 2.97. The van der Waals surface area contributed by atoms with Crippen LogP contribution in [0.25, 0.3) is 0 Å². The van der Waals surface area contributed by atoms with Gasteiger partial charge in [0, 0.05) is 22.3 Å². The van der Waals surface area contributed by atoms with Crippen LogP contribution in [-0.2, 0) is 6.54 Å². The number of nitrogens with one attached hydrogen (secondary N) is 1. The molecule has 98 valence electrons. The normalized spacial score (nSPS) is 14.6. The van der Waals surface area contributed by atoms with Crippen molar-refractivity contribution < 1.29 is 9.52 Å². The van der Waals surface area contributed by atoms with Crippen LogP contribution in [0.2, 0.25) is 0 Å². The summed E-state index contributed by atoms with van der Waals surface area (Å²) in [6.45, 7) is 5.04. The van der Waals surface area contributed by atoms with E-state index in [0.717, 1.165) is 6.54 Å². The molecule has 2 rings (SSSR count). The molecule has 0 aliphatic heterocycles. The molecule has 0 saturated heterocycles. The second kappa shape index (κ2) is 6.18. The Morgan fingerprint density at radius 2 is 2.22 bits per heavy atom. The van der Waals surface area contributed by atoms with Crippen molar-refractivity contribution in [3.8, 4) is 0 Å². The fourth-order valence-corrected chi connectivity index (χ4v) is 2.71. The highest BCUT2D eigenvalue weighted by Crippen LogP contribution is 2.19. The van der Waals surface area contributed by atoms with Crippen LogP contribution in [0.1, 0.15) is 35.0 Å². The molecule has 0 radical (unpaired) electrons. The van der Waals surface area contributed by atoms with Crippen LogP contribution in [0.3, 0.4) is 0 Å². The Morgan fingerprint density at radius 1 is 1.39 bits per heavy atom. The molecule has 18 heavy (non-hydrogen) atoms. The van der Waals surface area contributed by atoms with E-state index in [0.29, 0.717) is 12.2 Å². The first-order valence-electron chi connectivity index (χ1n) is 6.15. The summed E-state index contributed by atoms with van der Waals surface area (Å²) in [6, 6.07) is 8.12. The van der Waals surface area contributed by atoms with Crippen molar-refractivity contribution in [2.45, 2.75) is 39.0 Å². The quantitative estimate of drug-likeness (QED) is 0.842. The summed E-state index contributed by atoms with van der Waals surface area (Å²) in [5.41, 5.74) is 0. The number of hydrogen-bond donors (Lipinski definition) is 2. The van der Waals surface area contributed by atoms with E-state index >= 15 is 0 Å². The molecular weight excluding hydrogens is 246 g/mol. The minimum Gasteiger partial charge on any atom is -0.467 e. The van der Waals surface area contributed by atoms with Gasteiger partial charge in [0.05, 0.1) is 6.26 Å². The van der Waals surface area contributed by atoms with Gasteiger partial charge in [-0.25, -0.2) is 0 Å². The standard InChI is InChI=1S/C14H19NO2S/c1-10(8-13(16)14-4-3-7-17-14)15-9-12-6-5-11(2)18-12/h3-7,10,13,15-16H,8-9H2,1-2H3. The van der Waals surface area contributed by atoms with Gasteiger partial charge >= 0.3 is 0 Å². The van der Waals surface area contributed by atoms with Gasteiger partial charge in [0.15, 0.2) is 0 Å². The van der Waals surface area contributed by atoms with Crippen LogP contribution in [0, 0.1) is 6.92 Å². The number of rotatable bonds is 6. The second-order valence-corrected chi connectivity index (χ2v) is 5.93. The van der Waals surface area contributed by atoms with Crippen molar-refractivity contribution in [1.82, 2.24) is 5.32 Å². The molecule has 3 nitrogen and oxygen atoms in total. The molecule has 0 bridgehead atoms. The molecule has 2 atom stereocenters. The number of aliphatic hydroxyl groups excluding tert-OH is 1. The zero-order valence-corrected chi connectivity index (χ0v) is 11.5. The van der Waals surface area contributed by atoms with Gasteiger partial charge in [-0.1, -0.05) is 0 Å². The summed E-state index contributed by atoms with van der Waals surface area (Å²) in [5, 5.41) is 13.4. The molecule has 2 aromatic heterocycles. The van der Waals surface area contributed by atoms with Gasteiger partial charge in [-0.05, 0) is 44.5 Å². The number of furan rings is 1. The Labute approximate surface area is 111 Å². The minimum atomic E-state index is -0.535. The fraction of sp³-hybridized carbons (Fsp3) is 0.429. The summed E-state index contributed by atoms with van der Waals surface area (Å²) in [5.74, 6) is 0.635. The number of hydrogen-bond acceptors (Lipinski definition) is 4. The third-order valence-corrected chi connectivity index (χ3v) is 3.87. The molecule has 2 unspecified atom stereocenters. The Balaban J connectivity index is 1.76. The molecule has 0 amide bonds. The van der Waals surface area contributed by atoms with E-state index in [2.05, 4.69) is 31.3 Å². The van der Waals surface area contributed by atoms with Crippen molar-refractivity contribution in [2.75, 3.05) is 0 Å². The molecule has 2 aromatic rings. The van der Waals surface area contributed by atoms with E-state index < -0.39 is 6.10 Å². The van der Waals surface area contributed by atoms with E-state index in [1.807, 2.05) is 0 Å². The topological polar surface area (TPSA) is 45.4 Å². The molecule has 0 saturated carbocycles. The Kier molecular flexibility index (Phi) is 4.58. The Hall–Kier alpha value is -1.10. The SMILES string of the molecule is Cc1ccc(CNC(C)CC(O)c2ccco2)s1. The van der Waals surface area contributed by atoms with E-state index in [1.54, 1.807) is 29.7 Å². The third kappa shape index (κ3) is 3.70. The lowest BCUT2D eigenvalue weighted by molar-refractivity contribution is 0.128. The van der Waals surface area contributed by atoms with Crippen LogP contribution in [0.15, 0.2) is 34.9 Å². The maximum atomic E-state index is 9.95. The zero-order chi connectivity index (χ0) is 13.0. The van der Waals surface area contributed by atoms with Gasteiger partial charge in [0.2, 0.25) is 0 Å². The smallest absolute Gasteiger partial charge is 0.132 e. The van der Waals surface area contributed by atoms with Crippen LogP contribution < -0.4 is 5.32 Å². The highest BCUT2D eigenvalue weighted by Gasteiger charge is 2.14. The van der Waals surface area contributed by atoms with Crippen molar-refractivity contribution in [3.05, 3.63) is 46.0 Å². The molecule has 0 aliphatic carbocycles. The monoisotopic (exact) mass is 265 g/mol. The number of aliphatic hydroxyl groups is 1. The number of thiophene rings is 1. The van der Waals surface area contributed by atoms with Crippen LogP contribution >= 0.6 is 11.3 Å². The molecule has 0 aliphatic rings. The van der Waals surface area contributed by atoms with Crippen molar-refractivity contribution in [1.29, 1.82) is 0 Å². The molecule has 0 aromatic carbocycles. The van der Waals surface area contributed by atoms with Gasteiger partial charge in [0.25, 0.3) is 0 Å². The molecule has 4 heteroatoms. The second-order valence-electron chi connectivity index (χ2n) is 4.56. The Bertz CT molecular complexity index is 464. The molecule has 0 fully saturated rings. The lowest BCUT2D eigenvalue weighted by Gasteiger charge is -2.16. The summed E-state index contributed by atoms with van der Waals surface area (Å²) < 4.78 is 5.19. The van der Waals surface area contributed by atoms with Crippen LogP contribution in [0.4, 0.5) is 0 Å². The van der Waals surface area contributed by atoms with Gasteiger partial charge < -0.3 is 14.8 Å². The van der Waals surface area contributed by atoms with E-state index in [1.165, 1.54) is 9.75 Å². The zero-order valence-electron chi connectivity index (χ0n) is 10.7. The fourth-order valence-electron chi connectivity index (χ4n) is 1.87. The van der Waals surface area contributed by atoms with Crippen molar-refractivity contribution >= 4 is 11.3 Å². The first-order valence-corrected chi connectivity index (χ1v) is 6.97. The molecule has 2 N–H and O–H groups in total. The van der Waals surface area contributed by atoms with E-state index in [9.17, 15) is 5.11 Å². The van der Waals surface area contributed by atoms with E-state index in [4.69, 9.17) is 4.42 Å². The maximum absolute atomic E-state index is 9.95. The summed E-state index contributed by atoms with van der Waals surface area (Å²) >= 11 is 1.80. The lowest BCUT2D eigenvalue weighted by Crippen LogP contribution is -2.27. The first-order chi connectivity index (χ1) is 8.65. The first kappa shape index (κ1) is 13.3. The van der Waals surface area contributed by atoms with Gasteiger partial charge in [0.1, 0.15) is 11.9 Å². The summed E-state index contributed by atoms with van der Waals surface area (Å²) in [6.07, 6.45) is 1.70. The maximum Gasteiger partial charge on any atom is 0.132 e. The van der Waals surface area contributed by atoms with Crippen molar-refractivity contribution in [2.24, 2.45) is 0 Å². The van der Waals surface area contributed by atoms with E-state index in [-0.39, 0.29) is 6.04 Å². The minimum absolute atomic E-state index is 0.243. The lowest BCUT2D eigenvalue weighted by atomic mass is 10.1. The van der Waals surface area contributed by atoms with Gasteiger partial charge in [-0.3, -0.25) is 0 Å². The highest BCUT2D eigenvalue weighted by molar-refractivity contribution is 7.11. The predicted octanol–water partition coefficient (Wildman–Crippen LogP) is 3.25. The van der Waals surface area contributed by atoms with Gasteiger partial charge in [-0.15, -0.1) is 11.3 Å². The molecule has 2 heterocycles. The Morgan fingerprint density at radius 3 is 2.83 bits per heavy atom. The third-order valence-electron chi connectivity index (χ3n) is 2.87. The molecular formula is C14H19NO2S. The largest absolute Gasteiger partial charge is 0.467 e. The molecule has 0 spiro atoms. The van der Waals surface area contributed by atoms with Crippen molar-refractivity contribution in [3.63, 3.8) is 0 Å². The average molecular weight is 265 g/mol. The highest BCUT2D eigenvalue weighted by atomic mass is 32.1. The summed E-state index contributed by atoms with van der Waals surface area (Å²) in [4.78, 5) is 2.65. The number of aryl methyl sites for hydroxylation is 1. The van der Waals surface area contributed by atoms with Gasteiger partial charge in [-0.2, -0.15) is 0 Å². The van der Waals surface area contributed by atoms with Crippen LogP contribution in [-0.4, -0.2) is 11.1 Å². The van der Waals surface area contributed by atoms with Crippen LogP contribution in [0.5, 0.6) is 0 Å². The predicted molar refractivity (Wildman–Crippen MR) is 73.6 cm³/mol. The summed E-state index contributed by atoms with van der Waals surface area (Å²) in [7, 11) is 0.